The maximum atomic E-state index is 11.9. The lowest BCUT2D eigenvalue weighted by atomic mass is 9.98. The molecule has 0 N–H and O–H groups in total. The average Bonchev–Trinajstić information content (AvgIpc) is 3.46. The first-order valence-electron chi connectivity index (χ1n) is 10.2. The van der Waals surface area contributed by atoms with E-state index in [1.807, 2.05) is 18.9 Å². The van der Waals surface area contributed by atoms with Crippen molar-refractivity contribution in [3.8, 4) is 0 Å². The number of likely N-dealkylation sites (tertiary alicyclic amines) is 2. The van der Waals surface area contributed by atoms with Gasteiger partial charge in [0, 0.05) is 63.0 Å². The summed E-state index contributed by atoms with van der Waals surface area (Å²) in [5.74, 6) is 1.42. The minimum absolute atomic E-state index is 0.315. The third-order valence-electron chi connectivity index (χ3n) is 6.28. The van der Waals surface area contributed by atoms with Gasteiger partial charge in [0.15, 0.2) is 0 Å². The number of hydrogen-bond donors (Lipinski definition) is 0. The molecule has 0 radical (unpaired) electrons. The molecule has 1 aliphatic carbocycles. The lowest BCUT2D eigenvalue weighted by Gasteiger charge is -2.42. The van der Waals surface area contributed by atoms with Gasteiger partial charge in [-0.1, -0.05) is 0 Å². The van der Waals surface area contributed by atoms with Gasteiger partial charge in [0.2, 0.25) is 5.91 Å². The highest BCUT2D eigenvalue weighted by atomic mass is 16.2. The van der Waals surface area contributed by atoms with Crippen LogP contribution in [0, 0.1) is 6.92 Å². The number of carbonyl (C=O) groups excluding carboxylic acids is 1. The third-order valence-corrected chi connectivity index (χ3v) is 6.28. The number of aryl methyl sites for hydroxylation is 1. The second-order valence-corrected chi connectivity index (χ2v) is 8.24. The molecule has 6 nitrogen and oxygen atoms in total. The Labute approximate surface area is 156 Å². The van der Waals surface area contributed by atoms with E-state index >= 15 is 0 Å². The highest BCUT2D eigenvalue weighted by molar-refractivity contribution is 5.76. The summed E-state index contributed by atoms with van der Waals surface area (Å²) in [5, 5.41) is 0. The Morgan fingerprint density at radius 1 is 1.12 bits per heavy atom. The third kappa shape index (κ3) is 3.85. The molecule has 142 valence electrons. The second kappa shape index (κ2) is 7.51. The van der Waals surface area contributed by atoms with Crippen molar-refractivity contribution in [2.45, 2.75) is 70.0 Å². The summed E-state index contributed by atoms with van der Waals surface area (Å²) >= 11 is 0. The standard InChI is InChI=1S/C20H31N5O/c1-15-12-19(22-14-21-15)25(16-6-7-16)17-8-10-24(11-9-17)13-18-4-3-5-20(26)23(18)2/h12,14,16-18H,3-11,13H2,1-2H3. The fraction of sp³-hybridized carbons (Fsp3) is 0.750. The van der Waals surface area contributed by atoms with E-state index in [0.29, 0.717) is 24.0 Å². The molecule has 2 saturated heterocycles. The summed E-state index contributed by atoms with van der Waals surface area (Å²) in [7, 11) is 1.98. The number of likely N-dealkylation sites (N-methyl/N-ethyl adjacent to an activating group) is 1. The SMILES string of the molecule is Cc1cc(N(C2CC2)C2CCN(CC3CCCC(=O)N3C)CC2)ncn1. The molecular formula is C20H31N5O. The van der Waals surface area contributed by atoms with Gasteiger partial charge in [0.1, 0.15) is 12.1 Å². The summed E-state index contributed by atoms with van der Waals surface area (Å²) in [4.78, 5) is 27.9. The molecule has 6 heteroatoms. The van der Waals surface area contributed by atoms with Crippen LogP contribution in [0.1, 0.15) is 50.6 Å². The quantitative estimate of drug-likeness (QED) is 0.809. The van der Waals surface area contributed by atoms with Gasteiger partial charge in [-0.25, -0.2) is 9.97 Å². The van der Waals surface area contributed by atoms with Crippen LogP contribution in [-0.2, 0) is 4.79 Å². The Bertz CT molecular complexity index is 639. The van der Waals surface area contributed by atoms with Crippen molar-refractivity contribution < 1.29 is 4.79 Å². The molecule has 1 aromatic rings. The zero-order chi connectivity index (χ0) is 18.1. The van der Waals surface area contributed by atoms with Crippen LogP contribution in [-0.4, -0.2) is 70.5 Å². The second-order valence-electron chi connectivity index (χ2n) is 8.24. The van der Waals surface area contributed by atoms with Crippen LogP contribution in [0.2, 0.25) is 0 Å². The lowest BCUT2D eigenvalue weighted by molar-refractivity contribution is -0.135. The molecule has 1 amide bonds. The molecule has 0 bridgehead atoms. The molecule has 3 fully saturated rings. The van der Waals surface area contributed by atoms with Crippen LogP contribution in [0.3, 0.4) is 0 Å². The molecule has 3 heterocycles. The highest BCUT2D eigenvalue weighted by Crippen LogP contribution is 2.35. The van der Waals surface area contributed by atoms with Gasteiger partial charge in [-0.15, -0.1) is 0 Å². The smallest absolute Gasteiger partial charge is 0.222 e. The van der Waals surface area contributed by atoms with Gasteiger partial charge < -0.3 is 14.7 Å². The van der Waals surface area contributed by atoms with Gasteiger partial charge in [-0.05, 0) is 45.4 Å². The number of carbonyl (C=O) groups is 1. The fourth-order valence-electron chi connectivity index (χ4n) is 4.56. The Balaban J connectivity index is 1.35. The van der Waals surface area contributed by atoms with E-state index in [2.05, 4.69) is 25.8 Å². The Hall–Kier alpha value is -1.69. The number of aromatic nitrogens is 2. The first-order chi connectivity index (χ1) is 12.6. The molecule has 2 aliphatic heterocycles. The number of rotatable bonds is 5. The number of amides is 1. The maximum absolute atomic E-state index is 11.9. The van der Waals surface area contributed by atoms with Crippen LogP contribution >= 0.6 is 0 Å². The molecule has 1 unspecified atom stereocenters. The normalized spacial score (nSPS) is 25.5. The van der Waals surface area contributed by atoms with Crippen molar-refractivity contribution in [3.63, 3.8) is 0 Å². The van der Waals surface area contributed by atoms with E-state index in [9.17, 15) is 4.79 Å². The predicted octanol–water partition coefficient (Wildman–Crippen LogP) is 2.23. The number of anilines is 1. The van der Waals surface area contributed by atoms with Crippen LogP contribution < -0.4 is 4.90 Å². The average molecular weight is 358 g/mol. The summed E-state index contributed by atoms with van der Waals surface area (Å²) in [6.45, 7) is 5.32. The molecule has 0 spiro atoms. The molecule has 1 saturated carbocycles. The van der Waals surface area contributed by atoms with Crippen molar-refractivity contribution in [1.82, 2.24) is 19.8 Å². The van der Waals surface area contributed by atoms with Gasteiger partial charge in [0.25, 0.3) is 0 Å². The Morgan fingerprint density at radius 2 is 1.85 bits per heavy atom. The molecule has 0 aromatic carbocycles. The summed E-state index contributed by atoms with van der Waals surface area (Å²) in [6.07, 6.45) is 9.57. The number of nitrogens with zero attached hydrogens (tertiary/aromatic N) is 5. The predicted molar refractivity (Wildman–Crippen MR) is 102 cm³/mol. The van der Waals surface area contributed by atoms with E-state index in [1.54, 1.807) is 6.33 Å². The van der Waals surface area contributed by atoms with Crippen molar-refractivity contribution in [1.29, 1.82) is 0 Å². The van der Waals surface area contributed by atoms with Crippen LogP contribution in [0.4, 0.5) is 5.82 Å². The van der Waals surface area contributed by atoms with Gasteiger partial charge in [0.05, 0.1) is 0 Å². The molecule has 4 rings (SSSR count). The van der Waals surface area contributed by atoms with Crippen molar-refractivity contribution >= 4 is 11.7 Å². The van der Waals surface area contributed by atoms with Gasteiger partial charge in [-0.2, -0.15) is 0 Å². The summed E-state index contributed by atoms with van der Waals surface area (Å²) in [6, 6.07) is 3.78. The van der Waals surface area contributed by atoms with Gasteiger partial charge >= 0.3 is 0 Å². The largest absolute Gasteiger partial charge is 0.350 e. The fourth-order valence-corrected chi connectivity index (χ4v) is 4.56. The van der Waals surface area contributed by atoms with E-state index in [0.717, 1.165) is 50.4 Å². The first-order valence-corrected chi connectivity index (χ1v) is 10.2. The van der Waals surface area contributed by atoms with E-state index < -0.39 is 0 Å². The summed E-state index contributed by atoms with van der Waals surface area (Å²) in [5.41, 5.74) is 1.04. The van der Waals surface area contributed by atoms with E-state index in [4.69, 9.17) is 0 Å². The van der Waals surface area contributed by atoms with Crippen molar-refractivity contribution in [2.24, 2.45) is 0 Å². The van der Waals surface area contributed by atoms with E-state index in [1.165, 1.54) is 25.7 Å². The monoisotopic (exact) mass is 357 g/mol. The molecule has 26 heavy (non-hydrogen) atoms. The maximum Gasteiger partial charge on any atom is 0.222 e. The van der Waals surface area contributed by atoms with Crippen molar-refractivity contribution in [3.05, 3.63) is 18.1 Å². The Morgan fingerprint density at radius 3 is 2.54 bits per heavy atom. The molecule has 1 aromatic heterocycles. The minimum atomic E-state index is 0.315. The van der Waals surface area contributed by atoms with E-state index in [-0.39, 0.29) is 0 Å². The first kappa shape index (κ1) is 17.7. The zero-order valence-corrected chi connectivity index (χ0v) is 16.1. The minimum Gasteiger partial charge on any atom is -0.350 e. The topological polar surface area (TPSA) is 52.6 Å². The molecule has 3 aliphatic rings. The van der Waals surface area contributed by atoms with Crippen LogP contribution in [0.5, 0.6) is 0 Å². The van der Waals surface area contributed by atoms with Crippen LogP contribution in [0.25, 0.3) is 0 Å². The Kier molecular flexibility index (Phi) is 5.11. The number of hydrogen-bond acceptors (Lipinski definition) is 5. The number of piperidine rings is 2. The molecule has 1 atom stereocenters. The highest BCUT2D eigenvalue weighted by Gasteiger charge is 2.37. The van der Waals surface area contributed by atoms with Crippen LogP contribution in [0.15, 0.2) is 12.4 Å². The zero-order valence-electron chi connectivity index (χ0n) is 16.1. The molecular weight excluding hydrogens is 326 g/mol. The van der Waals surface area contributed by atoms with Gasteiger partial charge in [-0.3, -0.25) is 4.79 Å². The lowest BCUT2D eigenvalue weighted by Crippen LogP contribution is -2.51. The van der Waals surface area contributed by atoms with Crippen molar-refractivity contribution in [2.75, 3.05) is 31.6 Å². The summed E-state index contributed by atoms with van der Waals surface area (Å²) < 4.78 is 0.